The molecular formula is C24H30O2S. The first-order chi connectivity index (χ1) is 13.2. The van der Waals surface area contributed by atoms with E-state index in [-0.39, 0.29) is 0 Å². The van der Waals surface area contributed by atoms with Crippen molar-refractivity contribution in [3.05, 3.63) is 66.7 Å². The van der Waals surface area contributed by atoms with Gasteiger partial charge in [0.05, 0.1) is 0 Å². The average molecular weight is 383 g/mol. The van der Waals surface area contributed by atoms with Gasteiger partial charge in [0.25, 0.3) is 0 Å². The summed E-state index contributed by atoms with van der Waals surface area (Å²) in [5.41, 5.74) is 2.87. The van der Waals surface area contributed by atoms with Crippen molar-refractivity contribution in [3.63, 3.8) is 0 Å². The molecule has 0 spiro atoms. The molecule has 0 aliphatic heterocycles. The molecule has 27 heavy (non-hydrogen) atoms. The van der Waals surface area contributed by atoms with Gasteiger partial charge in [0, 0.05) is 10.5 Å². The predicted molar refractivity (Wildman–Crippen MR) is 116 cm³/mol. The van der Waals surface area contributed by atoms with E-state index in [9.17, 15) is 4.79 Å². The predicted octanol–water partition coefficient (Wildman–Crippen LogP) is 7.21. The monoisotopic (exact) mass is 382 g/mol. The number of aliphatic carboxylic acids is 1. The molecular weight excluding hydrogens is 352 g/mol. The number of carboxylic acids is 1. The molecule has 0 radical (unpaired) electrons. The molecule has 3 heteroatoms. The summed E-state index contributed by atoms with van der Waals surface area (Å²) in [5, 5.41) is 8.75. The lowest BCUT2D eigenvalue weighted by Gasteiger charge is -2.05. The van der Waals surface area contributed by atoms with Crippen LogP contribution in [0.1, 0.15) is 51.4 Å². The molecule has 0 aromatic heterocycles. The third kappa shape index (κ3) is 8.49. The Hall–Kier alpha value is -2.00. The fourth-order valence-corrected chi connectivity index (χ4v) is 3.91. The molecule has 0 saturated carbocycles. The molecule has 2 aromatic rings. The van der Waals surface area contributed by atoms with Crippen molar-refractivity contribution >= 4 is 17.7 Å². The van der Waals surface area contributed by atoms with E-state index in [1.807, 2.05) is 17.8 Å². The van der Waals surface area contributed by atoms with E-state index in [4.69, 9.17) is 5.11 Å². The summed E-state index contributed by atoms with van der Waals surface area (Å²) in [4.78, 5) is 12.0. The molecule has 1 N–H and O–H groups in total. The van der Waals surface area contributed by atoms with E-state index in [1.165, 1.54) is 53.9 Å². The van der Waals surface area contributed by atoms with Gasteiger partial charge in [0.2, 0.25) is 0 Å². The van der Waals surface area contributed by atoms with E-state index in [2.05, 4.69) is 55.1 Å². The Balaban J connectivity index is 1.50. The van der Waals surface area contributed by atoms with E-state index >= 15 is 0 Å². The Bertz CT molecular complexity index is 692. The molecule has 0 unspecified atom stereocenters. The van der Waals surface area contributed by atoms with Crippen molar-refractivity contribution in [2.75, 3.05) is 5.75 Å². The Labute approximate surface area is 167 Å². The normalized spacial score (nSPS) is 10.7. The smallest absolute Gasteiger partial charge is 0.330 e. The van der Waals surface area contributed by atoms with Crippen molar-refractivity contribution in [2.24, 2.45) is 0 Å². The Morgan fingerprint density at radius 2 is 1.33 bits per heavy atom. The van der Waals surface area contributed by atoms with Crippen LogP contribution in [0.2, 0.25) is 0 Å². The van der Waals surface area contributed by atoms with Crippen LogP contribution < -0.4 is 0 Å². The summed E-state index contributed by atoms with van der Waals surface area (Å²) >= 11 is 1.94. The molecule has 0 saturated heterocycles. The topological polar surface area (TPSA) is 37.3 Å². The van der Waals surface area contributed by atoms with Crippen molar-refractivity contribution in [3.8, 4) is 11.1 Å². The first-order valence-electron chi connectivity index (χ1n) is 9.86. The Morgan fingerprint density at radius 1 is 0.778 bits per heavy atom. The van der Waals surface area contributed by atoms with Crippen molar-refractivity contribution in [2.45, 2.75) is 56.3 Å². The summed E-state index contributed by atoms with van der Waals surface area (Å²) in [6, 6.07) is 19.3. The maximum Gasteiger partial charge on any atom is 0.330 e. The van der Waals surface area contributed by atoms with Gasteiger partial charge in [-0.15, -0.1) is 11.8 Å². The Morgan fingerprint density at radius 3 is 1.96 bits per heavy atom. The van der Waals surface area contributed by atoms with Gasteiger partial charge < -0.3 is 5.11 Å². The maximum absolute atomic E-state index is 10.6. The molecule has 0 amide bonds. The van der Waals surface area contributed by atoms with Gasteiger partial charge in [-0.2, -0.15) is 0 Å². The molecule has 0 heterocycles. The minimum Gasteiger partial charge on any atom is -0.478 e. The van der Waals surface area contributed by atoms with Crippen LogP contribution in [0.3, 0.4) is 0 Å². The molecule has 0 aliphatic carbocycles. The molecule has 0 atom stereocenters. The lowest BCUT2D eigenvalue weighted by molar-refractivity contribution is -0.132. The zero-order chi connectivity index (χ0) is 19.3. The van der Waals surface area contributed by atoms with Gasteiger partial charge in [-0.1, -0.05) is 81.1 Å². The van der Waals surface area contributed by atoms with E-state index in [0.29, 0.717) is 12.0 Å². The summed E-state index contributed by atoms with van der Waals surface area (Å²) in [5.74, 6) is 0.311. The number of carboxylic acid groups (broad SMARTS) is 1. The number of thioether (sulfide) groups is 1. The third-order valence-electron chi connectivity index (χ3n) is 4.66. The molecule has 0 fully saturated rings. The standard InChI is InChI=1S/C24H30O2S/c1-20(24(25)26)12-8-5-3-2-4-6-11-19-27-23-17-15-22(16-18-23)21-13-9-7-10-14-21/h7,9-10,13-18H,1-6,8,11-12,19H2,(H,25,26). The molecule has 144 valence electrons. The van der Waals surface area contributed by atoms with Crippen LogP contribution in [-0.2, 0) is 4.79 Å². The maximum atomic E-state index is 10.6. The van der Waals surface area contributed by atoms with Gasteiger partial charge in [-0.05, 0) is 48.3 Å². The highest BCUT2D eigenvalue weighted by molar-refractivity contribution is 7.99. The number of unbranched alkanes of at least 4 members (excludes halogenated alkanes) is 6. The summed E-state index contributed by atoms with van der Waals surface area (Å²) in [6.45, 7) is 3.57. The second-order valence-electron chi connectivity index (χ2n) is 6.87. The highest BCUT2D eigenvalue weighted by atomic mass is 32.2. The van der Waals surface area contributed by atoms with Crippen LogP contribution in [-0.4, -0.2) is 16.8 Å². The molecule has 2 rings (SSSR count). The molecule has 2 aromatic carbocycles. The second-order valence-corrected chi connectivity index (χ2v) is 8.04. The largest absolute Gasteiger partial charge is 0.478 e. The highest BCUT2D eigenvalue weighted by Gasteiger charge is 2.02. The summed E-state index contributed by atoms with van der Waals surface area (Å²) in [6.07, 6.45) is 8.91. The summed E-state index contributed by atoms with van der Waals surface area (Å²) < 4.78 is 0. The van der Waals surface area contributed by atoms with E-state index in [0.717, 1.165) is 12.8 Å². The van der Waals surface area contributed by atoms with E-state index < -0.39 is 5.97 Å². The first kappa shape index (κ1) is 21.3. The lowest BCUT2D eigenvalue weighted by Crippen LogP contribution is -1.98. The molecule has 0 bridgehead atoms. The minimum absolute atomic E-state index is 0.337. The average Bonchev–Trinajstić information content (AvgIpc) is 2.70. The number of hydrogen-bond donors (Lipinski definition) is 1. The zero-order valence-electron chi connectivity index (χ0n) is 16.0. The third-order valence-corrected chi connectivity index (χ3v) is 5.75. The van der Waals surface area contributed by atoms with Crippen LogP contribution in [0.4, 0.5) is 0 Å². The van der Waals surface area contributed by atoms with Crippen molar-refractivity contribution in [1.29, 1.82) is 0 Å². The van der Waals surface area contributed by atoms with Crippen molar-refractivity contribution < 1.29 is 9.90 Å². The molecule has 2 nitrogen and oxygen atoms in total. The van der Waals surface area contributed by atoms with Gasteiger partial charge >= 0.3 is 5.97 Å². The minimum atomic E-state index is -0.859. The van der Waals surface area contributed by atoms with Crippen LogP contribution in [0.5, 0.6) is 0 Å². The van der Waals surface area contributed by atoms with Crippen LogP contribution in [0.25, 0.3) is 11.1 Å². The van der Waals surface area contributed by atoms with Crippen molar-refractivity contribution in [1.82, 2.24) is 0 Å². The van der Waals surface area contributed by atoms with Crippen LogP contribution >= 0.6 is 11.8 Å². The van der Waals surface area contributed by atoms with Crippen LogP contribution in [0, 0.1) is 0 Å². The zero-order valence-corrected chi connectivity index (χ0v) is 16.8. The SMILES string of the molecule is C=C(CCCCCCCCCSc1ccc(-c2ccccc2)cc1)C(=O)O. The van der Waals surface area contributed by atoms with E-state index in [1.54, 1.807) is 0 Å². The Kier molecular flexibility index (Phi) is 9.78. The summed E-state index contributed by atoms with van der Waals surface area (Å²) in [7, 11) is 0. The fourth-order valence-electron chi connectivity index (χ4n) is 3.00. The van der Waals surface area contributed by atoms with Gasteiger partial charge in [-0.25, -0.2) is 4.79 Å². The lowest BCUT2D eigenvalue weighted by atomic mass is 10.1. The fraction of sp³-hybridized carbons (Fsp3) is 0.375. The highest BCUT2D eigenvalue weighted by Crippen LogP contribution is 2.25. The number of hydrogen-bond acceptors (Lipinski definition) is 2. The first-order valence-corrected chi connectivity index (χ1v) is 10.8. The number of rotatable bonds is 13. The van der Waals surface area contributed by atoms with Gasteiger partial charge in [0.1, 0.15) is 0 Å². The van der Waals surface area contributed by atoms with Crippen LogP contribution in [0.15, 0.2) is 71.6 Å². The quantitative estimate of drug-likeness (QED) is 0.226. The second kappa shape index (κ2) is 12.4. The number of carbonyl (C=O) groups is 1. The van der Waals surface area contributed by atoms with Gasteiger partial charge in [0.15, 0.2) is 0 Å². The van der Waals surface area contributed by atoms with Gasteiger partial charge in [-0.3, -0.25) is 0 Å². The number of benzene rings is 2. The molecule has 0 aliphatic rings.